The highest BCUT2D eigenvalue weighted by Crippen LogP contribution is 2.22. The molecule has 122 valence electrons. The van der Waals surface area contributed by atoms with Gasteiger partial charge in [-0.3, -0.25) is 0 Å². The number of hydrogen-bond donors (Lipinski definition) is 3. The maximum absolute atomic E-state index is 11.8. The molecule has 1 unspecified atom stereocenters. The average molecular weight is 297 g/mol. The lowest BCUT2D eigenvalue weighted by Gasteiger charge is -2.31. The van der Waals surface area contributed by atoms with Crippen LogP contribution in [0, 0.1) is 11.8 Å². The number of carbonyl (C=O) groups is 1. The van der Waals surface area contributed by atoms with E-state index in [1.807, 2.05) is 0 Å². The summed E-state index contributed by atoms with van der Waals surface area (Å²) in [6.07, 6.45) is 8.78. The number of amides is 2. The van der Waals surface area contributed by atoms with E-state index in [2.05, 4.69) is 15.5 Å². The number of carbonyl (C=O) groups excluding carboxylic acids is 1. The molecule has 2 fully saturated rings. The highest BCUT2D eigenvalue weighted by atomic mass is 16.3. The van der Waals surface area contributed by atoms with E-state index in [0.717, 1.165) is 39.0 Å². The molecule has 1 aliphatic carbocycles. The minimum Gasteiger partial charge on any atom is -0.396 e. The second kappa shape index (κ2) is 9.26. The summed E-state index contributed by atoms with van der Waals surface area (Å²) in [5, 5.41) is 15.2. The monoisotopic (exact) mass is 297 g/mol. The Morgan fingerprint density at radius 3 is 2.57 bits per heavy atom. The van der Waals surface area contributed by atoms with Crippen LogP contribution in [0.4, 0.5) is 4.79 Å². The van der Waals surface area contributed by atoms with Crippen LogP contribution in [0.2, 0.25) is 0 Å². The van der Waals surface area contributed by atoms with Gasteiger partial charge in [0.05, 0.1) is 0 Å². The molecule has 1 saturated carbocycles. The van der Waals surface area contributed by atoms with Crippen LogP contribution in [0.25, 0.3) is 0 Å². The number of piperidine rings is 1. The van der Waals surface area contributed by atoms with Crippen molar-refractivity contribution in [3.8, 4) is 0 Å². The van der Waals surface area contributed by atoms with E-state index < -0.39 is 0 Å². The van der Waals surface area contributed by atoms with Gasteiger partial charge in [-0.05, 0) is 44.1 Å². The summed E-state index contributed by atoms with van der Waals surface area (Å²) in [7, 11) is 0. The molecule has 0 radical (unpaired) electrons. The molecule has 1 aliphatic heterocycles. The van der Waals surface area contributed by atoms with Gasteiger partial charge in [0.25, 0.3) is 0 Å². The Morgan fingerprint density at radius 2 is 1.81 bits per heavy atom. The summed E-state index contributed by atoms with van der Waals surface area (Å²) >= 11 is 0. The zero-order valence-electron chi connectivity index (χ0n) is 13.1. The molecule has 0 spiro atoms. The summed E-state index contributed by atoms with van der Waals surface area (Å²) in [4.78, 5) is 14.1. The molecule has 3 N–H and O–H groups in total. The number of nitrogens with zero attached hydrogens (tertiary/aromatic N) is 1. The third-order valence-electron chi connectivity index (χ3n) is 4.85. The topological polar surface area (TPSA) is 64.6 Å². The zero-order chi connectivity index (χ0) is 14.9. The second-order valence-corrected chi connectivity index (χ2v) is 6.63. The summed E-state index contributed by atoms with van der Waals surface area (Å²) in [5.74, 6) is 1.09. The Morgan fingerprint density at radius 1 is 1.05 bits per heavy atom. The predicted molar refractivity (Wildman–Crippen MR) is 84.2 cm³/mol. The van der Waals surface area contributed by atoms with Crippen molar-refractivity contribution in [1.29, 1.82) is 0 Å². The van der Waals surface area contributed by atoms with E-state index in [-0.39, 0.29) is 12.6 Å². The molecule has 2 amide bonds. The number of likely N-dealkylation sites (tertiary alicyclic amines) is 1. The highest BCUT2D eigenvalue weighted by Gasteiger charge is 2.19. The number of aliphatic hydroxyl groups is 1. The smallest absolute Gasteiger partial charge is 0.314 e. The molecule has 5 nitrogen and oxygen atoms in total. The van der Waals surface area contributed by atoms with E-state index in [4.69, 9.17) is 0 Å². The van der Waals surface area contributed by atoms with Crippen LogP contribution in [0.3, 0.4) is 0 Å². The first-order valence-corrected chi connectivity index (χ1v) is 8.63. The fourth-order valence-corrected chi connectivity index (χ4v) is 3.52. The number of rotatable bonds is 6. The van der Waals surface area contributed by atoms with Crippen molar-refractivity contribution in [2.45, 2.75) is 44.9 Å². The number of urea groups is 1. The van der Waals surface area contributed by atoms with Gasteiger partial charge in [0.1, 0.15) is 0 Å². The van der Waals surface area contributed by atoms with Gasteiger partial charge in [0.2, 0.25) is 0 Å². The third kappa shape index (κ3) is 6.22. The molecular weight excluding hydrogens is 266 g/mol. The first-order chi connectivity index (χ1) is 10.3. The van der Waals surface area contributed by atoms with E-state index in [0.29, 0.717) is 18.4 Å². The lowest BCUT2D eigenvalue weighted by molar-refractivity contribution is 0.121. The van der Waals surface area contributed by atoms with E-state index in [1.54, 1.807) is 0 Å². The van der Waals surface area contributed by atoms with Gasteiger partial charge in [0.15, 0.2) is 0 Å². The molecule has 0 aromatic heterocycles. The molecule has 2 rings (SSSR count). The Bertz CT molecular complexity index is 306. The van der Waals surface area contributed by atoms with Crippen molar-refractivity contribution in [1.82, 2.24) is 15.5 Å². The van der Waals surface area contributed by atoms with Crippen molar-refractivity contribution >= 4 is 6.03 Å². The molecule has 0 bridgehead atoms. The number of aliphatic hydroxyl groups excluding tert-OH is 1. The molecule has 0 aromatic carbocycles. The Hall–Kier alpha value is -0.810. The van der Waals surface area contributed by atoms with Gasteiger partial charge in [-0.2, -0.15) is 0 Å². The molecule has 1 atom stereocenters. The quantitative estimate of drug-likeness (QED) is 0.697. The first-order valence-electron chi connectivity index (χ1n) is 8.63. The Kier molecular flexibility index (Phi) is 7.30. The fraction of sp³-hybridized carbons (Fsp3) is 0.938. The Balaban J connectivity index is 1.52. The largest absolute Gasteiger partial charge is 0.396 e. The molecule has 5 heteroatoms. The fourth-order valence-electron chi connectivity index (χ4n) is 3.52. The summed E-state index contributed by atoms with van der Waals surface area (Å²) in [6.45, 7) is 4.72. The predicted octanol–water partition coefficient (Wildman–Crippen LogP) is 1.57. The molecule has 21 heavy (non-hydrogen) atoms. The zero-order valence-corrected chi connectivity index (χ0v) is 13.1. The standard InChI is InChI=1S/C16H31N3O2/c20-13-15-7-4-9-19(12-15)10-8-17-16(21)18-11-14-5-2-1-3-6-14/h14-15,20H,1-13H2,(H2,17,18,21). The van der Waals surface area contributed by atoms with E-state index in [9.17, 15) is 9.90 Å². The Labute approximate surface area is 128 Å². The normalized spacial score (nSPS) is 24.7. The minimum atomic E-state index is -0.0312. The van der Waals surface area contributed by atoms with Gasteiger partial charge in [-0.1, -0.05) is 19.3 Å². The van der Waals surface area contributed by atoms with Crippen molar-refractivity contribution in [3.63, 3.8) is 0 Å². The van der Waals surface area contributed by atoms with E-state index in [1.165, 1.54) is 32.1 Å². The lowest BCUT2D eigenvalue weighted by atomic mass is 9.89. The first kappa shape index (κ1) is 16.6. The van der Waals surface area contributed by atoms with Crippen molar-refractivity contribution in [3.05, 3.63) is 0 Å². The SMILES string of the molecule is O=C(NCCN1CCCC(CO)C1)NCC1CCCCC1. The average Bonchev–Trinajstić information content (AvgIpc) is 2.54. The van der Waals surface area contributed by atoms with E-state index >= 15 is 0 Å². The van der Waals surface area contributed by atoms with Crippen LogP contribution in [0.5, 0.6) is 0 Å². The maximum Gasteiger partial charge on any atom is 0.314 e. The lowest BCUT2D eigenvalue weighted by Crippen LogP contribution is -2.44. The molecule has 2 aliphatic rings. The molecule has 0 aromatic rings. The molecule has 1 saturated heterocycles. The van der Waals surface area contributed by atoms with Gasteiger partial charge >= 0.3 is 6.03 Å². The van der Waals surface area contributed by atoms with Crippen LogP contribution in [-0.2, 0) is 0 Å². The highest BCUT2D eigenvalue weighted by molar-refractivity contribution is 5.73. The summed E-state index contributed by atoms with van der Waals surface area (Å²) in [5.41, 5.74) is 0. The second-order valence-electron chi connectivity index (χ2n) is 6.63. The van der Waals surface area contributed by atoms with Gasteiger partial charge in [-0.15, -0.1) is 0 Å². The van der Waals surface area contributed by atoms with Crippen molar-refractivity contribution in [2.24, 2.45) is 11.8 Å². The third-order valence-corrected chi connectivity index (χ3v) is 4.85. The maximum atomic E-state index is 11.8. The number of nitrogens with one attached hydrogen (secondary N) is 2. The minimum absolute atomic E-state index is 0.0312. The van der Waals surface area contributed by atoms with Crippen molar-refractivity contribution < 1.29 is 9.90 Å². The van der Waals surface area contributed by atoms with Crippen LogP contribution < -0.4 is 10.6 Å². The van der Waals surface area contributed by atoms with Crippen LogP contribution in [-0.4, -0.2) is 55.4 Å². The van der Waals surface area contributed by atoms with Crippen LogP contribution in [0.1, 0.15) is 44.9 Å². The summed E-state index contributed by atoms with van der Waals surface area (Å²) < 4.78 is 0. The summed E-state index contributed by atoms with van der Waals surface area (Å²) in [6, 6.07) is -0.0312. The van der Waals surface area contributed by atoms with Crippen LogP contribution >= 0.6 is 0 Å². The van der Waals surface area contributed by atoms with Gasteiger partial charge in [-0.25, -0.2) is 4.79 Å². The number of hydrogen-bond acceptors (Lipinski definition) is 3. The van der Waals surface area contributed by atoms with Crippen molar-refractivity contribution in [2.75, 3.05) is 39.3 Å². The van der Waals surface area contributed by atoms with Gasteiger partial charge in [0, 0.05) is 32.8 Å². The van der Waals surface area contributed by atoms with Gasteiger partial charge < -0.3 is 20.6 Å². The van der Waals surface area contributed by atoms with Crippen LogP contribution in [0.15, 0.2) is 0 Å². The molecular formula is C16H31N3O2. The molecule has 1 heterocycles.